The van der Waals surface area contributed by atoms with Crippen LogP contribution in [0, 0.1) is 0 Å². The first-order valence-electron chi connectivity index (χ1n) is 10.4. The predicted molar refractivity (Wildman–Crippen MR) is 106 cm³/mol. The van der Waals surface area contributed by atoms with Crippen molar-refractivity contribution < 1.29 is 14.7 Å². The average molecular weight is 392 g/mol. The molecule has 0 radical (unpaired) electrons. The van der Waals surface area contributed by atoms with E-state index in [1.165, 1.54) is 19.3 Å². The lowest BCUT2D eigenvalue weighted by Crippen LogP contribution is -2.50. The number of piperidine rings is 1. The van der Waals surface area contributed by atoms with E-state index < -0.39 is 0 Å². The van der Waals surface area contributed by atoms with Crippen molar-refractivity contribution in [1.29, 1.82) is 0 Å². The van der Waals surface area contributed by atoms with Crippen LogP contribution in [-0.4, -0.2) is 74.8 Å². The highest BCUT2D eigenvalue weighted by Gasteiger charge is 2.29. The Hall–Kier alpha value is -1.93. The van der Waals surface area contributed by atoms with Gasteiger partial charge >= 0.3 is 0 Å². The smallest absolute Gasteiger partial charge is 0.237 e. The molecule has 1 aromatic heterocycles. The van der Waals surface area contributed by atoms with Gasteiger partial charge in [0.2, 0.25) is 11.8 Å². The molecule has 0 bridgehead atoms. The van der Waals surface area contributed by atoms with Crippen molar-refractivity contribution in [1.82, 2.24) is 24.9 Å². The van der Waals surface area contributed by atoms with Gasteiger partial charge in [0, 0.05) is 38.0 Å². The molecule has 2 N–H and O–H groups in total. The molecule has 28 heavy (non-hydrogen) atoms. The second-order valence-electron chi connectivity index (χ2n) is 8.04. The molecule has 1 fully saturated rings. The minimum absolute atomic E-state index is 0.0522. The Bertz CT molecular complexity index is 679. The number of aliphatic hydroxyl groups excluding tert-OH is 1. The average Bonchev–Trinajstić information content (AvgIpc) is 3.09. The molecule has 0 unspecified atom stereocenters. The fraction of sp³-hybridized carbons (Fsp3) is 0.750. The highest BCUT2D eigenvalue weighted by molar-refractivity contribution is 5.78. The number of likely N-dealkylation sites (tertiary alicyclic amines) is 1. The maximum atomic E-state index is 12.9. The Morgan fingerprint density at radius 3 is 2.71 bits per heavy atom. The van der Waals surface area contributed by atoms with Crippen molar-refractivity contribution in [2.45, 2.75) is 71.1 Å². The summed E-state index contributed by atoms with van der Waals surface area (Å²) in [6.45, 7) is 7.12. The molecule has 1 saturated heterocycles. The first-order valence-corrected chi connectivity index (χ1v) is 10.4. The van der Waals surface area contributed by atoms with Crippen molar-refractivity contribution in [2.75, 3.05) is 26.2 Å². The second kappa shape index (κ2) is 9.52. The Morgan fingerprint density at radius 2 is 2.00 bits per heavy atom. The quantitative estimate of drug-likeness (QED) is 0.708. The number of carbonyl (C=O) groups excluding carboxylic acids is 2. The lowest BCUT2D eigenvalue weighted by molar-refractivity contribution is -0.135. The summed E-state index contributed by atoms with van der Waals surface area (Å²) in [7, 11) is 0. The summed E-state index contributed by atoms with van der Waals surface area (Å²) in [5.41, 5.74) is 1.91. The minimum Gasteiger partial charge on any atom is -0.395 e. The Balaban J connectivity index is 1.53. The molecular formula is C20H33N5O3. The van der Waals surface area contributed by atoms with E-state index in [2.05, 4.69) is 29.2 Å². The zero-order chi connectivity index (χ0) is 20.1. The van der Waals surface area contributed by atoms with Gasteiger partial charge in [-0.3, -0.25) is 19.2 Å². The predicted octanol–water partition coefficient (Wildman–Crippen LogP) is 0.529. The van der Waals surface area contributed by atoms with Crippen LogP contribution in [0.3, 0.4) is 0 Å². The number of rotatable bonds is 7. The van der Waals surface area contributed by atoms with Gasteiger partial charge in [0.1, 0.15) is 0 Å². The number of nitrogens with one attached hydrogen (secondary N) is 1. The van der Waals surface area contributed by atoms with E-state index in [0.29, 0.717) is 51.1 Å². The summed E-state index contributed by atoms with van der Waals surface area (Å²) in [5.74, 6) is 0.111. The van der Waals surface area contributed by atoms with Gasteiger partial charge in [-0.15, -0.1) is 0 Å². The molecule has 2 amide bonds. The third-order valence-corrected chi connectivity index (χ3v) is 5.94. The number of aromatic nitrogens is 2. The van der Waals surface area contributed by atoms with Crippen LogP contribution in [0.15, 0.2) is 6.07 Å². The van der Waals surface area contributed by atoms with Crippen LogP contribution in [-0.2, 0) is 29.1 Å². The van der Waals surface area contributed by atoms with E-state index >= 15 is 0 Å². The summed E-state index contributed by atoms with van der Waals surface area (Å²) >= 11 is 0. The Labute approximate surface area is 166 Å². The molecule has 2 aliphatic rings. The standard InChI is InChI=1S/C20H33N5O3/c1-15-4-3-5-16(2)24(15)14-20(28)23-9-10-25-18(13-23)12-17(22-25)6-7-19(27)21-8-11-26/h12,15-16,26H,3-11,13-14H2,1-2H3,(H,21,27)/t15-,16+. The zero-order valence-electron chi connectivity index (χ0n) is 17.1. The summed E-state index contributed by atoms with van der Waals surface area (Å²) in [6.07, 6.45) is 4.49. The van der Waals surface area contributed by atoms with Gasteiger partial charge in [-0.1, -0.05) is 6.42 Å². The highest BCUT2D eigenvalue weighted by Crippen LogP contribution is 2.23. The molecule has 3 rings (SSSR count). The topological polar surface area (TPSA) is 90.7 Å². The highest BCUT2D eigenvalue weighted by atomic mass is 16.3. The number of hydrogen-bond donors (Lipinski definition) is 2. The molecule has 8 nitrogen and oxygen atoms in total. The number of hydrogen-bond acceptors (Lipinski definition) is 5. The lowest BCUT2D eigenvalue weighted by Gasteiger charge is -2.40. The van der Waals surface area contributed by atoms with Crippen LogP contribution < -0.4 is 5.32 Å². The number of carbonyl (C=O) groups is 2. The SMILES string of the molecule is C[C@@H]1CCC[C@H](C)N1CC(=O)N1CCn2nc(CCC(=O)NCCO)cc2C1. The fourth-order valence-electron chi connectivity index (χ4n) is 4.23. The van der Waals surface area contributed by atoms with Crippen LogP contribution in [0.4, 0.5) is 0 Å². The first-order chi connectivity index (χ1) is 13.5. The molecule has 8 heteroatoms. The number of aliphatic hydroxyl groups is 1. The van der Waals surface area contributed by atoms with E-state index in [4.69, 9.17) is 5.11 Å². The van der Waals surface area contributed by atoms with Gasteiger partial charge in [0.15, 0.2) is 0 Å². The third kappa shape index (κ3) is 5.11. The molecule has 2 atom stereocenters. The second-order valence-corrected chi connectivity index (χ2v) is 8.04. The summed E-state index contributed by atoms with van der Waals surface area (Å²) in [4.78, 5) is 28.8. The zero-order valence-corrected chi connectivity index (χ0v) is 17.1. The normalized spacial score (nSPS) is 22.8. The van der Waals surface area contributed by atoms with Crippen molar-refractivity contribution in [3.05, 3.63) is 17.5 Å². The van der Waals surface area contributed by atoms with Gasteiger partial charge in [0.05, 0.1) is 37.6 Å². The maximum absolute atomic E-state index is 12.9. The summed E-state index contributed by atoms with van der Waals surface area (Å²) in [5, 5.41) is 16.0. The van der Waals surface area contributed by atoms with Crippen molar-refractivity contribution in [3.63, 3.8) is 0 Å². The first kappa shape index (κ1) is 20.8. The number of aryl methyl sites for hydroxylation is 1. The van der Waals surface area contributed by atoms with Crippen LogP contribution >= 0.6 is 0 Å². The van der Waals surface area contributed by atoms with Gasteiger partial charge in [-0.05, 0) is 32.8 Å². The van der Waals surface area contributed by atoms with Crippen molar-refractivity contribution >= 4 is 11.8 Å². The van der Waals surface area contributed by atoms with Gasteiger partial charge in [-0.2, -0.15) is 5.10 Å². The van der Waals surface area contributed by atoms with Crippen molar-refractivity contribution in [3.8, 4) is 0 Å². The molecule has 156 valence electrons. The molecule has 3 heterocycles. The van der Waals surface area contributed by atoms with E-state index in [9.17, 15) is 9.59 Å². The van der Waals surface area contributed by atoms with Gasteiger partial charge < -0.3 is 15.3 Å². The Morgan fingerprint density at radius 1 is 1.25 bits per heavy atom. The van der Waals surface area contributed by atoms with E-state index in [-0.39, 0.29) is 25.0 Å². The number of fused-ring (bicyclic) bond motifs is 1. The van der Waals surface area contributed by atoms with Gasteiger partial charge in [-0.25, -0.2) is 0 Å². The minimum atomic E-state index is -0.0819. The van der Waals surface area contributed by atoms with Crippen molar-refractivity contribution in [2.24, 2.45) is 0 Å². The van der Waals surface area contributed by atoms with Crippen LogP contribution in [0.2, 0.25) is 0 Å². The van der Waals surface area contributed by atoms with E-state index in [1.54, 1.807) is 0 Å². The molecule has 2 aliphatic heterocycles. The fourth-order valence-corrected chi connectivity index (χ4v) is 4.23. The van der Waals surface area contributed by atoms with E-state index in [1.807, 2.05) is 15.6 Å². The largest absolute Gasteiger partial charge is 0.395 e. The molecule has 0 aliphatic carbocycles. The summed E-state index contributed by atoms with van der Waals surface area (Å²) < 4.78 is 1.96. The van der Waals surface area contributed by atoms with Crippen LogP contribution in [0.5, 0.6) is 0 Å². The molecule has 1 aromatic rings. The number of amides is 2. The third-order valence-electron chi connectivity index (χ3n) is 5.94. The van der Waals surface area contributed by atoms with Crippen LogP contribution in [0.25, 0.3) is 0 Å². The van der Waals surface area contributed by atoms with Gasteiger partial charge in [0.25, 0.3) is 0 Å². The lowest BCUT2D eigenvalue weighted by atomic mass is 9.97. The number of nitrogens with zero attached hydrogens (tertiary/aromatic N) is 4. The monoisotopic (exact) mass is 391 g/mol. The maximum Gasteiger partial charge on any atom is 0.237 e. The van der Waals surface area contributed by atoms with Crippen LogP contribution in [0.1, 0.15) is 50.9 Å². The summed E-state index contributed by atoms with van der Waals surface area (Å²) in [6, 6.07) is 2.93. The Kier molecular flexibility index (Phi) is 7.07. The molecule has 0 spiro atoms. The molecule has 0 saturated carbocycles. The van der Waals surface area contributed by atoms with E-state index in [0.717, 1.165) is 11.4 Å². The molecular weight excluding hydrogens is 358 g/mol. The molecule has 0 aromatic carbocycles.